The van der Waals surface area contributed by atoms with Crippen LogP contribution in [0.5, 0.6) is 0 Å². The number of nitrogens with zero attached hydrogens (tertiary/aromatic N) is 2. The third kappa shape index (κ3) is 2.36. The Kier molecular flexibility index (Phi) is 2.94. The molecule has 0 radical (unpaired) electrons. The first-order valence-corrected chi connectivity index (χ1v) is 6.14. The van der Waals surface area contributed by atoms with Crippen LogP contribution in [0.1, 0.15) is 5.56 Å². The van der Waals surface area contributed by atoms with Gasteiger partial charge in [0.1, 0.15) is 0 Å². The average Bonchev–Trinajstić information content (AvgIpc) is 2.80. The zero-order valence-electron chi connectivity index (χ0n) is 10.0. The van der Waals surface area contributed by atoms with Gasteiger partial charge in [-0.2, -0.15) is 18.3 Å². The Morgan fingerprint density at radius 3 is 2.35 bits per heavy atom. The van der Waals surface area contributed by atoms with Crippen molar-refractivity contribution in [1.82, 2.24) is 9.61 Å². The molecule has 0 atom stereocenters. The second-order valence-electron chi connectivity index (χ2n) is 4.32. The van der Waals surface area contributed by atoms with E-state index in [1.54, 1.807) is 28.9 Å². The van der Waals surface area contributed by atoms with Crippen LogP contribution in [0.15, 0.2) is 48.7 Å². The van der Waals surface area contributed by atoms with Crippen LogP contribution in [0.2, 0.25) is 5.02 Å². The predicted octanol–water partition coefficient (Wildman–Crippen LogP) is 4.67. The summed E-state index contributed by atoms with van der Waals surface area (Å²) in [5.74, 6) is 0. The van der Waals surface area contributed by atoms with Crippen molar-refractivity contribution in [3.63, 3.8) is 0 Å². The summed E-state index contributed by atoms with van der Waals surface area (Å²) in [6, 6.07) is 10.2. The third-order valence-corrected chi connectivity index (χ3v) is 3.16. The normalized spacial score (nSPS) is 12.0. The first-order valence-electron chi connectivity index (χ1n) is 5.76. The molecule has 0 amide bonds. The lowest BCUT2D eigenvalue weighted by Gasteiger charge is -2.06. The second-order valence-corrected chi connectivity index (χ2v) is 4.76. The molecule has 102 valence electrons. The zero-order valence-corrected chi connectivity index (χ0v) is 10.8. The maximum atomic E-state index is 12.5. The standard InChI is InChI=1S/C14H8ClF3N2/c15-11-5-6-12-7-13(19-20(12)8-11)9-1-3-10(4-2-9)14(16,17)18/h1-8H. The molecule has 0 saturated heterocycles. The van der Waals surface area contributed by atoms with Crippen LogP contribution in [0.25, 0.3) is 16.8 Å². The molecule has 1 aromatic carbocycles. The minimum absolute atomic E-state index is 0.541. The molecular formula is C14H8ClF3N2. The highest BCUT2D eigenvalue weighted by Crippen LogP contribution is 2.31. The van der Waals surface area contributed by atoms with Crippen LogP contribution < -0.4 is 0 Å². The summed E-state index contributed by atoms with van der Waals surface area (Å²) in [5.41, 5.74) is 1.37. The predicted molar refractivity (Wildman–Crippen MR) is 70.6 cm³/mol. The van der Waals surface area contributed by atoms with Gasteiger partial charge in [0.25, 0.3) is 0 Å². The zero-order chi connectivity index (χ0) is 14.3. The number of halogens is 4. The lowest BCUT2D eigenvalue weighted by atomic mass is 10.1. The van der Waals surface area contributed by atoms with E-state index < -0.39 is 11.7 Å². The van der Waals surface area contributed by atoms with Gasteiger partial charge in [0, 0.05) is 11.8 Å². The fourth-order valence-electron chi connectivity index (χ4n) is 1.93. The van der Waals surface area contributed by atoms with Crippen molar-refractivity contribution in [2.75, 3.05) is 0 Å². The summed E-state index contributed by atoms with van der Waals surface area (Å²) < 4.78 is 39.1. The van der Waals surface area contributed by atoms with Gasteiger partial charge < -0.3 is 0 Å². The molecule has 20 heavy (non-hydrogen) atoms. The van der Waals surface area contributed by atoms with E-state index in [9.17, 15) is 13.2 Å². The molecule has 0 aliphatic rings. The van der Waals surface area contributed by atoms with Gasteiger partial charge in [-0.05, 0) is 30.3 Å². The highest BCUT2D eigenvalue weighted by Gasteiger charge is 2.30. The van der Waals surface area contributed by atoms with Gasteiger partial charge in [-0.25, -0.2) is 4.52 Å². The molecule has 3 aromatic rings. The second kappa shape index (κ2) is 4.52. The number of rotatable bonds is 1. The van der Waals surface area contributed by atoms with Crippen molar-refractivity contribution in [3.05, 3.63) is 59.2 Å². The fourth-order valence-corrected chi connectivity index (χ4v) is 2.09. The highest BCUT2D eigenvalue weighted by molar-refractivity contribution is 6.30. The van der Waals surface area contributed by atoms with E-state index in [0.29, 0.717) is 16.3 Å². The van der Waals surface area contributed by atoms with Crippen LogP contribution in [0.3, 0.4) is 0 Å². The van der Waals surface area contributed by atoms with Gasteiger partial charge in [0.05, 0.1) is 21.8 Å². The first-order chi connectivity index (χ1) is 9.43. The van der Waals surface area contributed by atoms with Gasteiger partial charge in [-0.3, -0.25) is 0 Å². The number of benzene rings is 1. The monoisotopic (exact) mass is 296 g/mol. The van der Waals surface area contributed by atoms with E-state index in [1.165, 1.54) is 12.1 Å². The molecule has 0 bridgehead atoms. The number of hydrogen-bond donors (Lipinski definition) is 0. The summed E-state index contributed by atoms with van der Waals surface area (Å²) >= 11 is 5.86. The number of aromatic nitrogens is 2. The van der Waals surface area contributed by atoms with Gasteiger partial charge in [0.2, 0.25) is 0 Å². The molecule has 2 aromatic heterocycles. The fraction of sp³-hybridized carbons (Fsp3) is 0.0714. The van der Waals surface area contributed by atoms with Crippen molar-refractivity contribution in [3.8, 4) is 11.3 Å². The Labute approximate surface area is 117 Å². The Balaban J connectivity index is 2.02. The lowest BCUT2D eigenvalue weighted by molar-refractivity contribution is -0.137. The summed E-state index contributed by atoms with van der Waals surface area (Å²) in [4.78, 5) is 0. The summed E-state index contributed by atoms with van der Waals surface area (Å²) in [6.07, 6.45) is -2.69. The van der Waals surface area contributed by atoms with Crippen molar-refractivity contribution < 1.29 is 13.2 Å². The van der Waals surface area contributed by atoms with E-state index in [0.717, 1.165) is 17.6 Å². The minimum Gasteiger partial charge on any atom is -0.239 e. The number of pyridine rings is 1. The van der Waals surface area contributed by atoms with E-state index in [2.05, 4.69) is 5.10 Å². The lowest BCUT2D eigenvalue weighted by Crippen LogP contribution is -2.04. The Morgan fingerprint density at radius 1 is 1.00 bits per heavy atom. The smallest absolute Gasteiger partial charge is 0.239 e. The van der Waals surface area contributed by atoms with Crippen LogP contribution in [0.4, 0.5) is 13.2 Å². The van der Waals surface area contributed by atoms with Crippen molar-refractivity contribution >= 4 is 17.1 Å². The summed E-state index contributed by atoms with van der Waals surface area (Å²) in [6.45, 7) is 0. The molecule has 0 aliphatic carbocycles. The van der Waals surface area contributed by atoms with Crippen molar-refractivity contribution in [1.29, 1.82) is 0 Å². The molecule has 0 saturated carbocycles. The highest BCUT2D eigenvalue weighted by atomic mass is 35.5. The van der Waals surface area contributed by atoms with E-state index in [1.807, 2.05) is 0 Å². The average molecular weight is 297 g/mol. The van der Waals surface area contributed by atoms with Gasteiger partial charge >= 0.3 is 6.18 Å². The topological polar surface area (TPSA) is 17.3 Å². The van der Waals surface area contributed by atoms with E-state index in [-0.39, 0.29) is 0 Å². The number of fused-ring (bicyclic) bond motifs is 1. The maximum Gasteiger partial charge on any atom is 0.416 e. The summed E-state index contributed by atoms with van der Waals surface area (Å²) in [7, 11) is 0. The summed E-state index contributed by atoms with van der Waals surface area (Å²) in [5, 5.41) is 4.83. The number of hydrogen-bond acceptors (Lipinski definition) is 1. The van der Waals surface area contributed by atoms with Crippen LogP contribution in [0, 0.1) is 0 Å². The SMILES string of the molecule is FC(F)(F)c1ccc(-c2cc3ccc(Cl)cn3n2)cc1. The Morgan fingerprint density at radius 2 is 1.70 bits per heavy atom. The number of alkyl halides is 3. The van der Waals surface area contributed by atoms with Crippen LogP contribution >= 0.6 is 11.6 Å². The van der Waals surface area contributed by atoms with Gasteiger partial charge in [0.15, 0.2) is 0 Å². The first kappa shape index (κ1) is 13.0. The Hall–Kier alpha value is -2.01. The Bertz CT molecular complexity index is 760. The van der Waals surface area contributed by atoms with Gasteiger partial charge in [-0.15, -0.1) is 0 Å². The van der Waals surface area contributed by atoms with Crippen molar-refractivity contribution in [2.45, 2.75) is 6.18 Å². The van der Waals surface area contributed by atoms with Crippen molar-refractivity contribution in [2.24, 2.45) is 0 Å². The van der Waals surface area contributed by atoms with E-state index >= 15 is 0 Å². The van der Waals surface area contributed by atoms with Crippen LogP contribution in [-0.4, -0.2) is 9.61 Å². The molecule has 3 rings (SSSR count). The molecule has 2 nitrogen and oxygen atoms in total. The van der Waals surface area contributed by atoms with Crippen LogP contribution in [-0.2, 0) is 6.18 Å². The van der Waals surface area contributed by atoms with E-state index in [4.69, 9.17) is 11.6 Å². The van der Waals surface area contributed by atoms with Gasteiger partial charge in [-0.1, -0.05) is 23.7 Å². The molecule has 0 N–H and O–H groups in total. The largest absolute Gasteiger partial charge is 0.416 e. The maximum absolute atomic E-state index is 12.5. The molecule has 0 spiro atoms. The minimum atomic E-state index is -4.33. The third-order valence-electron chi connectivity index (χ3n) is 2.93. The molecule has 0 fully saturated rings. The molecule has 6 heteroatoms. The molecular weight excluding hydrogens is 289 g/mol. The quantitative estimate of drug-likeness (QED) is 0.637. The molecule has 0 aliphatic heterocycles. The molecule has 0 unspecified atom stereocenters. The molecule has 2 heterocycles.